The minimum absolute atomic E-state index is 0.0366. The van der Waals surface area contributed by atoms with E-state index in [1.807, 2.05) is 9.80 Å². The van der Waals surface area contributed by atoms with Crippen LogP contribution in [0.15, 0.2) is 30.3 Å². The zero-order valence-electron chi connectivity index (χ0n) is 22.0. The molecule has 2 aliphatic rings. The highest BCUT2D eigenvalue weighted by Gasteiger charge is 2.28. The summed E-state index contributed by atoms with van der Waals surface area (Å²) in [7, 11) is 4.12. The number of rotatable bonds is 7. The Kier molecular flexibility index (Phi) is 7.70. The minimum atomic E-state index is -2.80. The van der Waals surface area contributed by atoms with E-state index < -0.39 is 18.3 Å². The second-order valence-corrected chi connectivity index (χ2v) is 9.99. The van der Waals surface area contributed by atoms with Crippen molar-refractivity contribution in [3.05, 3.63) is 36.2 Å². The number of hydrogen-bond donors (Lipinski definition) is 1. The number of carbonyl (C=O) groups is 1. The SMILES string of the molecule is C[C@H](Nc1nc(N2CCOCC2)cc(-n2c(C(F)F)nc3ccccc32)n1)C(=O)N1CCC(N(C)C)CC1. The number of aromatic nitrogens is 4. The van der Waals surface area contributed by atoms with Crippen LogP contribution in [0.5, 0.6) is 0 Å². The molecule has 2 aromatic heterocycles. The Morgan fingerprint density at radius 3 is 2.42 bits per heavy atom. The summed E-state index contributed by atoms with van der Waals surface area (Å²) in [6, 6.07) is 8.53. The molecular weight excluding hydrogens is 494 g/mol. The number of benzene rings is 1. The lowest BCUT2D eigenvalue weighted by atomic mass is 10.0. The van der Waals surface area contributed by atoms with Crippen molar-refractivity contribution >= 4 is 28.7 Å². The van der Waals surface area contributed by atoms with Gasteiger partial charge in [0.25, 0.3) is 6.43 Å². The molecule has 3 aromatic rings. The van der Waals surface area contributed by atoms with Gasteiger partial charge < -0.3 is 24.8 Å². The third-order valence-corrected chi connectivity index (χ3v) is 7.27. The van der Waals surface area contributed by atoms with Crippen molar-refractivity contribution in [2.75, 3.05) is 63.7 Å². The van der Waals surface area contributed by atoms with Crippen molar-refractivity contribution in [2.24, 2.45) is 0 Å². The molecule has 5 rings (SSSR count). The van der Waals surface area contributed by atoms with Crippen LogP contribution in [0.3, 0.4) is 0 Å². The van der Waals surface area contributed by atoms with Gasteiger partial charge in [-0.25, -0.2) is 13.8 Å². The number of imidazole rings is 1. The van der Waals surface area contributed by atoms with Gasteiger partial charge >= 0.3 is 0 Å². The molecule has 0 spiro atoms. The third kappa shape index (κ3) is 5.41. The second kappa shape index (κ2) is 11.2. The van der Waals surface area contributed by atoms with Crippen LogP contribution in [0.2, 0.25) is 0 Å². The van der Waals surface area contributed by atoms with E-state index >= 15 is 0 Å². The lowest BCUT2D eigenvalue weighted by molar-refractivity contribution is -0.133. The molecule has 12 heteroatoms. The van der Waals surface area contributed by atoms with E-state index in [0.717, 1.165) is 12.8 Å². The van der Waals surface area contributed by atoms with Crippen molar-refractivity contribution in [3.63, 3.8) is 0 Å². The molecule has 4 heterocycles. The van der Waals surface area contributed by atoms with Gasteiger partial charge in [0, 0.05) is 38.3 Å². The molecule has 204 valence electrons. The van der Waals surface area contributed by atoms with Gasteiger partial charge in [0.15, 0.2) is 5.82 Å². The first-order valence-electron chi connectivity index (χ1n) is 13.0. The van der Waals surface area contributed by atoms with Gasteiger partial charge in [0.05, 0.1) is 24.2 Å². The van der Waals surface area contributed by atoms with Crippen molar-refractivity contribution in [1.82, 2.24) is 29.3 Å². The number of halogens is 2. The number of carbonyl (C=O) groups excluding carboxylic acids is 1. The summed E-state index contributed by atoms with van der Waals surface area (Å²) < 4.78 is 35.0. The molecule has 2 aliphatic heterocycles. The number of piperidine rings is 1. The van der Waals surface area contributed by atoms with Gasteiger partial charge in [-0.05, 0) is 46.0 Å². The van der Waals surface area contributed by atoms with Crippen molar-refractivity contribution in [1.29, 1.82) is 0 Å². The van der Waals surface area contributed by atoms with Gasteiger partial charge in [-0.1, -0.05) is 12.1 Å². The largest absolute Gasteiger partial charge is 0.378 e. The molecule has 38 heavy (non-hydrogen) atoms. The molecule has 1 atom stereocenters. The Hall–Kier alpha value is -3.38. The molecule has 10 nitrogen and oxygen atoms in total. The van der Waals surface area contributed by atoms with Crippen LogP contribution in [-0.2, 0) is 9.53 Å². The Bertz CT molecular complexity index is 1270. The maximum absolute atomic E-state index is 14.1. The first-order chi connectivity index (χ1) is 18.3. The Labute approximate surface area is 220 Å². The van der Waals surface area contributed by atoms with Crippen molar-refractivity contribution in [2.45, 2.75) is 38.3 Å². The van der Waals surface area contributed by atoms with E-state index in [0.29, 0.717) is 62.3 Å². The van der Waals surface area contributed by atoms with Crippen molar-refractivity contribution < 1.29 is 18.3 Å². The second-order valence-electron chi connectivity index (χ2n) is 9.99. The normalized spacial score (nSPS) is 18.0. The molecule has 1 N–H and O–H groups in total. The van der Waals surface area contributed by atoms with E-state index in [9.17, 15) is 13.6 Å². The number of fused-ring (bicyclic) bond motifs is 1. The summed E-state index contributed by atoms with van der Waals surface area (Å²) in [6.45, 7) is 5.45. The minimum Gasteiger partial charge on any atom is -0.378 e. The van der Waals surface area contributed by atoms with Gasteiger partial charge in [-0.15, -0.1) is 0 Å². The van der Waals surface area contributed by atoms with Crippen LogP contribution in [0.25, 0.3) is 16.9 Å². The molecule has 2 saturated heterocycles. The Balaban J connectivity index is 1.47. The van der Waals surface area contributed by atoms with Gasteiger partial charge in [0.2, 0.25) is 11.9 Å². The Morgan fingerprint density at radius 2 is 1.74 bits per heavy atom. The fourth-order valence-electron chi connectivity index (χ4n) is 5.12. The highest BCUT2D eigenvalue weighted by molar-refractivity contribution is 5.84. The Morgan fingerprint density at radius 1 is 1.05 bits per heavy atom. The lowest BCUT2D eigenvalue weighted by Crippen LogP contribution is -2.48. The number of alkyl halides is 2. The number of ether oxygens (including phenoxy) is 1. The number of anilines is 2. The van der Waals surface area contributed by atoms with Crippen LogP contribution in [0.1, 0.15) is 32.0 Å². The number of para-hydroxylation sites is 2. The van der Waals surface area contributed by atoms with Gasteiger partial charge in [-0.3, -0.25) is 9.36 Å². The molecule has 2 fully saturated rings. The molecule has 1 amide bonds. The van der Waals surface area contributed by atoms with E-state index in [1.54, 1.807) is 37.3 Å². The smallest absolute Gasteiger partial charge is 0.296 e. The molecule has 1 aromatic carbocycles. The molecule has 0 bridgehead atoms. The number of morpholine rings is 1. The maximum Gasteiger partial charge on any atom is 0.296 e. The average molecular weight is 529 g/mol. The number of nitrogens with zero attached hydrogens (tertiary/aromatic N) is 7. The zero-order chi connectivity index (χ0) is 26.8. The average Bonchev–Trinajstić information content (AvgIpc) is 3.33. The maximum atomic E-state index is 14.1. The predicted octanol–water partition coefficient (Wildman–Crippen LogP) is 2.94. The van der Waals surface area contributed by atoms with E-state index in [2.05, 4.69) is 39.3 Å². The summed E-state index contributed by atoms with van der Waals surface area (Å²) in [6.07, 6.45) is -0.961. The summed E-state index contributed by atoms with van der Waals surface area (Å²) in [4.78, 5) is 32.8. The third-order valence-electron chi connectivity index (χ3n) is 7.27. The molecular formula is C26H34F2N8O2. The van der Waals surface area contributed by atoms with Crippen LogP contribution >= 0.6 is 0 Å². The number of nitrogens with one attached hydrogen (secondary N) is 1. The number of likely N-dealkylation sites (tertiary alicyclic amines) is 1. The zero-order valence-corrected chi connectivity index (χ0v) is 22.0. The number of hydrogen-bond acceptors (Lipinski definition) is 8. The number of amides is 1. The quantitative estimate of drug-likeness (QED) is 0.501. The summed E-state index contributed by atoms with van der Waals surface area (Å²) in [5.41, 5.74) is 0.974. The van der Waals surface area contributed by atoms with Crippen molar-refractivity contribution in [3.8, 4) is 5.82 Å². The van der Waals surface area contributed by atoms with Crippen LogP contribution < -0.4 is 10.2 Å². The van der Waals surface area contributed by atoms with Gasteiger partial charge in [-0.2, -0.15) is 9.97 Å². The summed E-state index contributed by atoms with van der Waals surface area (Å²) >= 11 is 0. The first-order valence-corrected chi connectivity index (χ1v) is 13.0. The van der Waals surface area contributed by atoms with E-state index in [4.69, 9.17) is 4.74 Å². The highest BCUT2D eigenvalue weighted by Crippen LogP contribution is 2.29. The fraction of sp³-hybridized carbons (Fsp3) is 0.538. The standard InChI is InChI=1S/C26H34F2N8O2/c1-17(25(37)35-10-8-18(9-11-35)33(2)3)29-26-31-21(34-12-14-38-15-13-34)16-22(32-26)36-20-7-5-4-6-19(20)30-24(36)23(27)28/h4-7,16-18,23H,8-15H2,1-3H3,(H,29,31,32)/t17-/m0/s1. The van der Waals surface area contributed by atoms with E-state index in [1.165, 1.54) is 4.57 Å². The molecule has 0 saturated carbocycles. The van der Waals surface area contributed by atoms with Crippen LogP contribution in [0.4, 0.5) is 20.5 Å². The monoisotopic (exact) mass is 528 g/mol. The first kappa shape index (κ1) is 26.2. The summed E-state index contributed by atoms with van der Waals surface area (Å²) in [5.74, 6) is 0.609. The predicted molar refractivity (Wildman–Crippen MR) is 141 cm³/mol. The topological polar surface area (TPSA) is 91.6 Å². The van der Waals surface area contributed by atoms with Gasteiger partial charge in [0.1, 0.15) is 17.7 Å². The highest BCUT2D eigenvalue weighted by atomic mass is 19.3. The molecule has 0 radical (unpaired) electrons. The fourth-order valence-corrected chi connectivity index (χ4v) is 5.12. The molecule has 0 aliphatic carbocycles. The van der Waals surface area contributed by atoms with E-state index in [-0.39, 0.29) is 17.7 Å². The van der Waals surface area contributed by atoms with Crippen LogP contribution in [-0.4, -0.2) is 101 Å². The summed E-state index contributed by atoms with van der Waals surface area (Å²) in [5, 5.41) is 3.15. The molecule has 0 unspecified atom stereocenters. The lowest BCUT2D eigenvalue weighted by Gasteiger charge is -2.36. The van der Waals surface area contributed by atoms with Crippen LogP contribution in [0, 0.1) is 0 Å².